The van der Waals surface area contributed by atoms with Gasteiger partial charge in [0.15, 0.2) is 0 Å². The number of nitrogen functional groups attached to an aromatic ring is 1. The average Bonchev–Trinajstić information content (AvgIpc) is 2.38. The van der Waals surface area contributed by atoms with Crippen LogP contribution in [0, 0.1) is 0 Å². The maximum Gasteiger partial charge on any atom is 0.249 e. The first kappa shape index (κ1) is 16.8. The number of halogens is 1. The molecule has 1 aliphatic rings. The van der Waals surface area contributed by atoms with Gasteiger partial charge in [0.05, 0.1) is 6.04 Å². The molecule has 0 fully saturated rings. The fourth-order valence-corrected chi connectivity index (χ4v) is 2.60. The molecule has 2 unspecified atom stereocenters. The fourth-order valence-electron chi connectivity index (χ4n) is 2.60. The highest BCUT2D eigenvalue weighted by Crippen LogP contribution is 2.31. The second-order valence-electron chi connectivity index (χ2n) is 5.01. The zero-order chi connectivity index (χ0) is 13.8. The molecule has 0 saturated heterocycles. The number of anilines is 1. The van der Waals surface area contributed by atoms with Crippen molar-refractivity contribution in [3.8, 4) is 0 Å². The van der Waals surface area contributed by atoms with Gasteiger partial charge in [-0.2, -0.15) is 0 Å². The van der Waals surface area contributed by atoms with E-state index in [4.69, 9.17) is 10.5 Å². The second-order valence-corrected chi connectivity index (χ2v) is 5.01. The number of benzene rings is 1. The summed E-state index contributed by atoms with van der Waals surface area (Å²) >= 11 is 0. The number of nitrogens with two attached hydrogens (primary N) is 1. The molecule has 0 bridgehead atoms. The molecule has 5 heteroatoms. The molecule has 0 heterocycles. The smallest absolute Gasteiger partial charge is 0.249 e. The molecule has 0 saturated carbocycles. The number of carbonyl (C=O) groups excluding carboxylic acids is 1. The Morgan fingerprint density at radius 3 is 3.00 bits per heavy atom. The molecule has 1 aromatic carbocycles. The molecule has 20 heavy (non-hydrogen) atoms. The number of fused-ring (bicyclic) bond motifs is 1. The van der Waals surface area contributed by atoms with Crippen molar-refractivity contribution in [2.24, 2.45) is 0 Å². The van der Waals surface area contributed by atoms with Gasteiger partial charge in [0.1, 0.15) is 6.10 Å². The SMILES string of the molecule is CCOC(C)C(=O)NC1CCCc2cc(N)ccc21.Cl. The van der Waals surface area contributed by atoms with Crippen LogP contribution >= 0.6 is 12.4 Å². The van der Waals surface area contributed by atoms with Crippen molar-refractivity contribution in [2.75, 3.05) is 12.3 Å². The summed E-state index contributed by atoms with van der Waals surface area (Å²) in [5, 5.41) is 3.07. The quantitative estimate of drug-likeness (QED) is 0.840. The predicted octanol–water partition coefficient (Wildman–Crippen LogP) is 2.61. The van der Waals surface area contributed by atoms with Crippen LogP contribution in [0.2, 0.25) is 0 Å². The molecule has 0 spiro atoms. The topological polar surface area (TPSA) is 64.3 Å². The first-order valence-corrected chi connectivity index (χ1v) is 6.92. The highest BCUT2D eigenvalue weighted by molar-refractivity contribution is 5.85. The largest absolute Gasteiger partial charge is 0.399 e. The first-order valence-electron chi connectivity index (χ1n) is 6.92. The van der Waals surface area contributed by atoms with Gasteiger partial charge in [-0.15, -0.1) is 12.4 Å². The third kappa shape index (κ3) is 3.87. The molecule has 1 aromatic rings. The summed E-state index contributed by atoms with van der Waals surface area (Å²) in [6.07, 6.45) is 2.68. The van der Waals surface area contributed by atoms with Crippen molar-refractivity contribution in [3.05, 3.63) is 29.3 Å². The normalized spacial score (nSPS) is 18.6. The van der Waals surface area contributed by atoms with Gasteiger partial charge in [0, 0.05) is 12.3 Å². The Kier molecular flexibility index (Phi) is 6.30. The molecule has 2 rings (SSSR count). The lowest BCUT2D eigenvalue weighted by Gasteiger charge is -2.27. The van der Waals surface area contributed by atoms with Crippen LogP contribution in [-0.2, 0) is 16.0 Å². The Bertz CT molecular complexity index is 465. The highest BCUT2D eigenvalue weighted by Gasteiger charge is 2.23. The van der Waals surface area contributed by atoms with E-state index in [1.807, 2.05) is 25.1 Å². The summed E-state index contributed by atoms with van der Waals surface area (Å²) in [4.78, 5) is 12.0. The summed E-state index contributed by atoms with van der Waals surface area (Å²) < 4.78 is 5.32. The average molecular weight is 299 g/mol. The summed E-state index contributed by atoms with van der Waals surface area (Å²) in [5.74, 6) is -0.0449. The lowest BCUT2D eigenvalue weighted by molar-refractivity contribution is -0.132. The summed E-state index contributed by atoms with van der Waals surface area (Å²) in [6.45, 7) is 4.22. The zero-order valence-electron chi connectivity index (χ0n) is 12.0. The molecule has 0 aliphatic heterocycles. The Hall–Kier alpha value is -1.26. The lowest BCUT2D eigenvalue weighted by atomic mass is 9.87. The van der Waals surface area contributed by atoms with Gasteiger partial charge in [0.2, 0.25) is 5.91 Å². The Labute approximate surface area is 126 Å². The highest BCUT2D eigenvalue weighted by atomic mass is 35.5. The van der Waals surface area contributed by atoms with E-state index in [0.29, 0.717) is 6.61 Å². The number of hydrogen-bond acceptors (Lipinski definition) is 3. The van der Waals surface area contributed by atoms with Crippen LogP contribution in [0.15, 0.2) is 18.2 Å². The molecule has 4 nitrogen and oxygen atoms in total. The van der Waals surface area contributed by atoms with E-state index in [1.54, 1.807) is 6.92 Å². The van der Waals surface area contributed by atoms with Gasteiger partial charge in [-0.25, -0.2) is 0 Å². The van der Waals surface area contributed by atoms with Crippen molar-refractivity contribution >= 4 is 24.0 Å². The molecular weight excluding hydrogens is 276 g/mol. The predicted molar refractivity (Wildman–Crippen MR) is 83.0 cm³/mol. The zero-order valence-corrected chi connectivity index (χ0v) is 12.8. The molecule has 1 amide bonds. The minimum absolute atomic E-state index is 0. The van der Waals surface area contributed by atoms with Crippen molar-refractivity contribution in [1.29, 1.82) is 0 Å². The first-order chi connectivity index (χ1) is 9.11. The van der Waals surface area contributed by atoms with Crippen LogP contribution in [0.25, 0.3) is 0 Å². The number of ether oxygens (including phenoxy) is 1. The van der Waals surface area contributed by atoms with E-state index < -0.39 is 6.10 Å². The second kappa shape index (κ2) is 7.50. The Morgan fingerprint density at radius 2 is 2.30 bits per heavy atom. The number of rotatable bonds is 4. The molecule has 0 aromatic heterocycles. The summed E-state index contributed by atoms with van der Waals surface area (Å²) in [7, 11) is 0. The minimum atomic E-state index is -0.399. The van der Waals surface area contributed by atoms with Gasteiger partial charge in [-0.05, 0) is 56.4 Å². The molecule has 1 aliphatic carbocycles. The summed E-state index contributed by atoms with van der Waals surface area (Å²) in [5.41, 5.74) is 9.04. The lowest BCUT2D eigenvalue weighted by Crippen LogP contribution is -2.38. The molecular formula is C15H23ClN2O2. The Balaban J connectivity index is 0.00000200. The minimum Gasteiger partial charge on any atom is -0.399 e. The molecule has 112 valence electrons. The van der Waals surface area contributed by atoms with E-state index in [9.17, 15) is 4.79 Å². The van der Waals surface area contributed by atoms with Crippen LogP contribution in [-0.4, -0.2) is 18.6 Å². The van der Waals surface area contributed by atoms with Gasteiger partial charge < -0.3 is 15.8 Å². The maximum absolute atomic E-state index is 12.0. The maximum atomic E-state index is 12.0. The van der Waals surface area contributed by atoms with E-state index in [-0.39, 0.29) is 24.4 Å². The number of hydrogen-bond donors (Lipinski definition) is 2. The monoisotopic (exact) mass is 298 g/mol. The fraction of sp³-hybridized carbons (Fsp3) is 0.533. The van der Waals surface area contributed by atoms with Crippen LogP contribution in [0.4, 0.5) is 5.69 Å². The van der Waals surface area contributed by atoms with Crippen LogP contribution in [0.3, 0.4) is 0 Å². The number of aryl methyl sites for hydroxylation is 1. The standard InChI is InChI=1S/C15H22N2O2.ClH/c1-3-19-10(2)15(18)17-14-6-4-5-11-9-12(16)7-8-13(11)14;/h7-10,14H,3-6,16H2,1-2H3,(H,17,18);1H. The van der Waals surface area contributed by atoms with Gasteiger partial charge in [-0.1, -0.05) is 6.07 Å². The van der Waals surface area contributed by atoms with E-state index in [1.165, 1.54) is 11.1 Å². The van der Waals surface area contributed by atoms with Crippen molar-refractivity contribution in [2.45, 2.75) is 45.3 Å². The van der Waals surface area contributed by atoms with Gasteiger partial charge in [-0.3, -0.25) is 4.79 Å². The van der Waals surface area contributed by atoms with Crippen molar-refractivity contribution < 1.29 is 9.53 Å². The molecule has 2 atom stereocenters. The number of nitrogens with one attached hydrogen (secondary N) is 1. The van der Waals surface area contributed by atoms with E-state index in [0.717, 1.165) is 24.9 Å². The van der Waals surface area contributed by atoms with Gasteiger partial charge >= 0.3 is 0 Å². The Morgan fingerprint density at radius 1 is 1.55 bits per heavy atom. The number of amides is 1. The van der Waals surface area contributed by atoms with E-state index in [2.05, 4.69) is 5.32 Å². The van der Waals surface area contributed by atoms with Crippen molar-refractivity contribution in [3.63, 3.8) is 0 Å². The van der Waals surface area contributed by atoms with Gasteiger partial charge in [0.25, 0.3) is 0 Å². The van der Waals surface area contributed by atoms with Crippen molar-refractivity contribution in [1.82, 2.24) is 5.32 Å². The van der Waals surface area contributed by atoms with Crippen LogP contribution in [0.5, 0.6) is 0 Å². The van der Waals surface area contributed by atoms with E-state index >= 15 is 0 Å². The van der Waals surface area contributed by atoms with Crippen LogP contribution in [0.1, 0.15) is 43.9 Å². The molecule has 3 N–H and O–H groups in total. The third-order valence-electron chi connectivity index (χ3n) is 3.58. The molecule has 0 radical (unpaired) electrons. The third-order valence-corrected chi connectivity index (χ3v) is 3.58. The van der Waals surface area contributed by atoms with Crippen LogP contribution < -0.4 is 11.1 Å². The number of carbonyl (C=O) groups is 1. The summed E-state index contributed by atoms with van der Waals surface area (Å²) in [6, 6.07) is 6.02.